The summed E-state index contributed by atoms with van der Waals surface area (Å²) in [7, 11) is 0. The van der Waals surface area contributed by atoms with Crippen LogP contribution < -0.4 is 10.6 Å². The largest absolute Gasteiger partial charge is 0.481 e. The van der Waals surface area contributed by atoms with Crippen molar-refractivity contribution in [2.24, 2.45) is 5.41 Å². The van der Waals surface area contributed by atoms with Gasteiger partial charge < -0.3 is 15.7 Å². The van der Waals surface area contributed by atoms with Crippen molar-refractivity contribution in [3.05, 3.63) is 72.1 Å². The third kappa shape index (κ3) is 4.49. The lowest BCUT2D eigenvalue weighted by Crippen LogP contribution is -2.35. The number of aryl methyl sites for hydroxylation is 1. The standard InChI is InChI=1S/C24H22N4O4/c1-24(12-20(29)30)10-9-15-11-16(7-8-19(15)21(24)31)22-25-13-18(14-26-22)28-23(32)27-17-5-3-2-4-6-17/h2-8,11,13-14H,9-10,12H2,1H3,(H,29,30)(H2,27,28,32). The van der Waals surface area contributed by atoms with Crippen molar-refractivity contribution in [2.75, 3.05) is 10.6 Å². The zero-order valence-electron chi connectivity index (χ0n) is 17.5. The Morgan fingerprint density at radius 1 is 1.03 bits per heavy atom. The molecule has 1 unspecified atom stereocenters. The summed E-state index contributed by atoms with van der Waals surface area (Å²) >= 11 is 0. The van der Waals surface area contributed by atoms with E-state index in [4.69, 9.17) is 5.11 Å². The van der Waals surface area contributed by atoms with E-state index in [1.54, 1.807) is 31.2 Å². The van der Waals surface area contributed by atoms with Crippen LogP contribution in [0.1, 0.15) is 35.7 Å². The average molecular weight is 430 g/mol. The fourth-order valence-electron chi connectivity index (χ4n) is 3.87. The van der Waals surface area contributed by atoms with Gasteiger partial charge in [-0.3, -0.25) is 9.59 Å². The van der Waals surface area contributed by atoms with Crippen LogP contribution >= 0.6 is 0 Å². The van der Waals surface area contributed by atoms with Crippen LogP contribution in [-0.4, -0.2) is 32.9 Å². The van der Waals surface area contributed by atoms with E-state index in [1.165, 1.54) is 12.4 Å². The molecule has 0 radical (unpaired) electrons. The maximum Gasteiger partial charge on any atom is 0.323 e. The van der Waals surface area contributed by atoms with Gasteiger partial charge in [0.1, 0.15) is 0 Å². The molecule has 1 atom stereocenters. The summed E-state index contributed by atoms with van der Waals surface area (Å²) in [6.45, 7) is 1.71. The first-order valence-corrected chi connectivity index (χ1v) is 10.2. The lowest BCUT2D eigenvalue weighted by Gasteiger charge is -2.32. The summed E-state index contributed by atoms with van der Waals surface area (Å²) in [6, 6.07) is 14.0. The summed E-state index contributed by atoms with van der Waals surface area (Å²) in [6.07, 6.45) is 3.94. The minimum Gasteiger partial charge on any atom is -0.481 e. The lowest BCUT2D eigenvalue weighted by molar-refractivity contribution is -0.139. The number of aromatic nitrogens is 2. The summed E-state index contributed by atoms with van der Waals surface area (Å²) in [5, 5.41) is 14.5. The highest BCUT2D eigenvalue weighted by Gasteiger charge is 2.40. The van der Waals surface area contributed by atoms with Crippen LogP contribution in [0.5, 0.6) is 0 Å². The molecular weight excluding hydrogens is 408 g/mol. The van der Waals surface area contributed by atoms with Gasteiger partial charge >= 0.3 is 12.0 Å². The van der Waals surface area contributed by atoms with Gasteiger partial charge in [0.05, 0.1) is 24.5 Å². The smallest absolute Gasteiger partial charge is 0.323 e. The van der Waals surface area contributed by atoms with Crippen molar-refractivity contribution in [3.8, 4) is 11.4 Å². The third-order valence-corrected chi connectivity index (χ3v) is 5.59. The number of aliphatic carboxylic acids is 1. The molecular formula is C24H22N4O4. The SMILES string of the molecule is CC1(CC(=O)O)CCc2cc(-c3ncc(NC(=O)Nc4ccccc4)cn3)ccc2C1=O. The van der Waals surface area contributed by atoms with Gasteiger partial charge in [-0.05, 0) is 36.6 Å². The number of amides is 2. The van der Waals surface area contributed by atoms with Crippen LogP contribution in [0.2, 0.25) is 0 Å². The maximum atomic E-state index is 12.9. The molecule has 1 heterocycles. The van der Waals surface area contributed by atoms with Gasteiger partial charge in [-0.15, -0.1) is 0 Å². The third-order valence-electron chi connectivity index (χ3n) is 5.59. The second kappa shape index (κ2) is 8.58. The van der Waals surface area contributed by atoms with E-state index >= 15 is 0 Å². The van der Waals surface area contributed by atoms with Crippen LogP contribution in [-0.2, 0) is 11.2 Å². The molecule has 2 aromatic carbocycles. The highest BCUT2D eigenvalue weighted by atomic mass is 16.4. The van der Waals surface area contributed by atoms with E-state index in [2.05, 4.69) is 20.6 Å². The summed E-state index contributed by atoms with van der Waals surface area (Å²) in [5.74, 6) is -0.647. The number of anilines is 2. The molecule has 162 valence electrons. The number of hydrogen-bond donors (Lipinski definition) is 3. The minimum absolute atomic E-state index is 0.141. The van der Waals surface area contributed by atoms with Gasteiger partial charge in [0.2, 0.25) is 0 Å². The predicted octanol–water partition coefficient (Wildman–Crippen LogP) is 4.40. The number of carbonyl (C=O) groups excluding carboxylic acids is 2. The molecule has 0 saturated carbocycles. The number of carbonyl (C=O) groups is 3. The first kappa shape index (κ1) is 21.2. The summed E-state index contributed by atoms with van der Waals surface area (Å²) < 4.78 is 0. The molecule has 1 aliphatic rings. The number of benzene rings is 2. The molecule has 3 aromatic rings. The number of carboxylic acid groups (broad SMARTS) is 1. The highest BCUT2D eigenvalue weighted by molar-refractivity contribution is 6.04. The molecule has 0 aliphatic heterocycles. The van der Waals surface area contributed by atoms with E-state index in [9.17, 15) is 14.4 Å². The first-order chi connectivity index (χ1) is 15.3. The Balaban J connectivity index is 1.46. The van der Waals surface area contributed by atoms with Gasteiger partial charge in [-0.2, -0.15) is 0 Å². The Morgan fingerprint density at radius 2 is 1.72 bits per heavy atom. The molecule has 32 heavy (non-hydrogen) atoms. The van der Waals surface area contributed by atoms with Gasteiger partial charge in [0.25, 0.3) is 0 Å². The molecule has 1 aromatic heterocycles. The molecule has 0 spiro atoms. The van der Waals surface area contributed by atoms with Crippen LogP contribution in [0.25, 0.3) is 11.4 Å². The van der Waals surface area contributed by atoms with Crippen LogP contribution in [0.3, 0.4) is 0 Å². The molecule has 0 bridgehead atoms. The van der Waals surface area contributed by atoms with Crippen molar-refractivity contribution in [1.82, 2.24) is 9.97 Å². The number of fused-ring (bicyclic) bond motifs is 1. The predicted molar refractivity (Wildman–Crippen MR) is 120 cm³/mol. The van der Waals surface area contributed by atoms with Crippen molar-refractivity contribution in [2.45, 2.75) is 26.2 Å². The number of nitrogens with zero attached hydrogens (tertiary/aromatic N) is 2. The highest BCUT2D eigenvalue weighted by Crippen LogP contribution is 2.39. The number of ketones is 1. The van der Waals surface area contributed by atoms with Crippen molar-refractivity contribution >= 4 is 29.2 Å². The Hall–Kier alpha value is -4.07. The normalized spacial score (nSPS) is 17.3. The summed E-state index contributed by atoms with van der Waals surface area (Å²) in [5.41, 5.74) is 2.40. The van der Waals surface area contributed by atoms with Crippen molar-refractivity contribution < 1.29 is 19.5 Å². The van der Waals surface area contributed by atoms with E-state index < -0.39 is 17.4 Å². The number of para-hydroxylation sites is 1. The molecule has 1 aliphatic carbocycles. The van der Waals surface area contributed by atoms with Crippen LogP contribution in [0.4, 0.5) is 16.2 Å². The van der Waals surface area contributed by atoms with Crippen molar-refractivity contribution in [1.29, 1.82) is 0 Å². The number of hydrogen-bond acceptors (Lipinski definition) is 5. The fraction of sp³-hybridized carbons (Fsp3) is 0.208. The van der Waals surface area contributed by atoms with Crippen LogP contribution in [0, 0.1) is 5.41 Å². The van der Waals surface area contributed by atoms with Gasteiger partial charge in [-0.1, -0.05) is 37.3 Å². The zero-order valence-corrected chi connectivity index (χ0v) is 17.5. The number of urea groups is 1. The molecule has 2 amide bonds. The van der Waals surface area contributed by atoms with E-state index in [0.29, 0.717) is 35.6 Å². The zero-order chi connectivity index (χ0) is 22.7. The second-order valence-corrected chi connectivity index (χ2v) is 8.07. The Labute approximate surface area is 184 Å². The maximum absolute atomic E-state index is 12.9. The molecule has 4 rings (SSSR count). The van der Waals surface area contributed by atoms with Gasteiger partial charge in [0.15, 0.2) is 11.6 Å². The Kier molecular flexibility index (Phi) is 5.68. The van der Waals surface area contributed by atoms with Gasteiger partial charge in [-0.25, -0.2) is 14.8 Å². The van der Waals surface area contributed by atoms with E-state index in [0.717, 1.165) is 11.1 Å². The molecule has 8 nitrogen and oxygen atoms in total. The quantitative estimate of drug-likeness (QED) is 0.552. The first-order valence-electron chi connectivity index (χ1n) is 10.2. The number of carboxylic acids is 1. The van der Waals surface area contributed by atoms with Crippen molar-refractivity contribution in [3.63, 3.8) is 0 Å². The van der Waals surface area contributed by atoms with E-state index in [1.807, 2.05) is 24.3 Å². The molecule has 8 heteroatoms. The minimum atomic E-state index is -0.972. The van der Waals surface area contributed by atoms with Crippen LogP contribution in [0.15, 0.2) is 60.9 Å². The fourth-order valence-corrected chi connectivity index (χ4v) is 3.87. The lowest BCUT2D eigenvalue weighted by atomic mass is 9.69. The number of Topliss-reactive ketones (excluding diaryl/α,β-unsaturated/α-hetero) is 1. The topological polar surface area (TPSA) is 121 Å². The second-order valence-electron chi connectivity index (χ2n) is 8.07. The average Bonchev–Trinajstić information content (AvgIpc) is 2.77. The molecule has 0 fully saturated rings. The number of nitrogens with one attached hydrogen (secondary N) is 2. The van der Waals surface area contributed by atoms with E-state index in [-0.39, 0.29) is 12.2 Å². The monoisotopic (exact) mass is 430 g/mol. The summed E-state index contributed by atoms with van der Waals surface area (Å²) in [4.78, 5) is 44.8. The molecule has 0 saturated heterocycles. The molecule has 3 N–H and O–H groups in total. The Morgan fingerprint density at radius 3 is 2.41 bits per heavy atom. The van der Waals surface area contributed by atoms with Gasteiger partial charge in [0, 0.05) is 22.2 Å². The number of rotatable bonds is 5. The Bertz CT molecular complexity index is 1180.